The number of para-hydroxylation sites is 1. The zero-order valence-corrected chi connectivity index (χ0v) is 11.3. The van der Waals surface area contributed by atoms with Crippen LogP contribution in [0.25, 0.3) is 23.1 Å². The third-order valence-electron chi connectivity index (χ3n) is 3.03. The van der Waals surface area contributed by atoms with E-state index in [0.717, 1.165) is 5.56 Å². The first-order chi connectivity index (χ1) is 9.74. The first-order valence-electron chi connectivity index (χ1n) is 6.18. The van der Waals surface area contributed by atoms with Crippen LogP contribution in [0.2, 0.25) is 5.02 Å². The second kappa shape index (κ2) is 5.35. The predicted molar refractivity (Wildman–Crippen MR) is 82.9 cm³/mol. The largest absolute Gasteiger partial charge is 0.463 e. The molecule has 0 saturated heterocycles. The van der Waals surface area contributed by atoms with Gasteiger partial charge in [-0.05, 0) is 35.9 Å². The van der Waals surface area contributed by atoms with Crippen LogP contribution in [0.5, 0.6) is 0 Å². The minimum absolute atomic E-state index is 0.0305. The van der Waals surface area contributed by atoms with Gasteiger partial charge < -0.3 is 4.42 Å². The third kappa shape index (κ3) is 2.51. The van der Waals surface area contributed by atoms with Crippen molar-refractivity contribution in [3.63, 3.8) is 0 Å². The lowest BCUT2D eigenvalue weighted by atomic mass is 10.1. The lowest BCUT2D eigenvalue weighted by molar-refractivity contribution is 0.601. The summed E-state index contributed by atoms with van der Waals surface area (Å²) in [5.41, 5.74) is 2.07. The van der Waals surface area contributed by atoms with E-state index in [1.54, 1.807) is 18.2 Å². The van der Waals surface area contributed by atoms with Crippen LogP contribution in [0, 0.1) is 0 Å². The van der Waals surface area contributed by atoms with Crippen molar-refractivity contribution in [2.75, 3.05) is 0 Å². The molecule has 1 heterocycles. The summed E-state index contributed by atoms with van der Waals surface area (Å²) in [6, 6.07) is 14.6. The van der Waals surface area contributed by atoms with E-state index in [1.807, 2.05) is 42.5 Å². The first-order valence-corrected chi connectivity index (χ1v) is 6.56. The SMILES string of the molecule is O=c1c(/C=C/c2ccc(Cl)cc2)coc2ccccc12. The molecular formula is C17H11ClO2. The molecule has 2 aromatic carbocycles. The lowest BCUT2D eigenvalue weighted by Crippen LogP contribution is -2.04. The van der Waals surface area contributed by atoms with E-state index in [1.165, 1.54) is 6.26 Å². The fraction of sp³-hybridized carbons (Fsp3) is 0. The van der Waals surface area contributed by atoms with Crippen molar-refractivity contribution in [3.05, 3.63) is 81.2 Å². The Labute approximate surface area is 120 Å². The van der Waals surface area contributed by atoms with E-state index in [2.05, 4.69) is 0 Å². The molecule has 2 nitrogen and oxygen atoms in total. The zero-order chi connectivity index (χ0) is 13.9. The van der Waals surface area contributed by atoms with Crippen LogP contribution in [-0.2, 0) is 0 Å². The van der Waals surface area contributed by atoms with Gasteiger partial charge in [-0.15, -0.1) is 0 Å². The number of rotatable bonds is 2. The van der Waals surface area contributed by atoms with E-state index in [0.29, 0.717) is 21.6 Å². The Morgan fingerprint density at radius 1 is 0.950 bits per heavy atom. The van der Waals surface area contributed by atoms with Gasteiger partial charge in [-0.25, -0.2) is 0 Å². The average molecular weight is 283 g/mol. The lowest BCUT2D eigenvalue weighted by Gasteiger charge is -1.98. The maximum atomic E-state index is 12.3. The third-order valence-corrected chi connectivity index (χ3v) is 3.28. The zero-order valence-electron chi connectivity index (χ0n) is 10.5. The fourth-order valence-electron chi connectivity index (χ4n) is 1.97. The van der Waals surface area contributed by atoms with Gasteiger partial charge in [0.2, 0.25) is 0 Å². The molecule has 0 N–H and O–H groups in total. The van der Waals surface area contributed by atoms with Gasteiger partial charge in [0.15, 0.2) is 5.43 Å². The first kappa shape index (κ1) is 12.7. The molecule has 0 aliphatic rings. The second-order valence-corrected chi connectivity index (χ2v) is 4.84. The number of benzene rings is 2. The molecule has 3 aromatic rings. The molecule has 98 valence electrons. The predicted octanol–water partition coefficient (Wildman–Crippen LogP) is 4.62. The number of halogens is 1. The summed E-state index contributed by atoms with van der Waals surface area (Å²) in [7, 11) is 0. The highest BCUT2D eigenvalue weighted by Gasteiger charge is 2.03. The van der Waals surface area contributed by atoms with Crippen LogP contribution in [0.1, 0.15) is 11.1 Å². The smallest absolute Gasteiger partial charge is 0.199 e. The topological polar surface area (TPSA) is 30.2 Å². The van der Waals surface area contributed by atoms with Crippen molar-refractivity contribution in [3.8, 4) is 0 Å². The molecule has 20 heavy (non-hydrogen) atoms. The maximum absolute atomic E-state index is 12.3. The Morgan fingerprint density at radius 2 is 1.70 bits per heavy atom. The van der Waals surface area contributed by atoms with Gasteiger partial charge in [-0.1, -0.05) is 41.9 Å². The van der Waals surface area contributed by atoms with Gasteiger partial charge in [-0.2, -0.15) is 0 Å². The van der Waals surface area contributed by atoms with Gasteiger partial charge in [0, 0.05) is 5.02 Å². The highest BCUT2D eigenvalue weighted by Crippen LogP contribution is 2.14. The van der Waals surface area contributed by atoms with Crippen LogP contribution in [0.4, 0.5) is 0 Å². The number of fused-ring (bicyclic) bond motifs is 1. The van der Waals surface area contributed by atoms with Gasteiger partial charge in [-0.3, -0.25) is 4.79 Å². The van der Waals surface area contributed by atoms with Crippen LogP contribution in [-0.4, -0.2) is 0 Å². The van der Waals surface area contributed by atoms with Crippen molar-refractivity contribution >= 4 is 34.7 Å². The number of hydrogen-bond donors (Lipinski definition) is 0. The van der Waals surface area contributed by atoms with Crippen LogP contribution in [0.3, 0.4) is 0 Å². The van der Waals surface area contributed by atoms with Crippen molar-refractivity contribution in [2.24, 2.45) is 0 Å². The van der Waals surface area contributed by atoms with Crippen molar-refractivity contribution in [1.29, 1.82) is 0 Å². The Hall–Kier alpha value is -2.32. The van der Waals surface area contributed by atoms with Crippen molar-refractivity contribution in [1.82, 2.24) is 0 Å². The van der Waals surface area contributed by atoms with E-state index < -0.39 is 0 Å². The molecule has 0 atom stereocenters. The molecule has 0 radical (unpaired) electrons. The van der Waals surface area contributed by atoms with Crippen LogP contribution in [0.15, 0.2) is 64.0 Å². The molecular weight excluding hydrogens is 272 g/mol. The molecule has 0 aliphatic heterocycles. The molecule has 0 bridgehead atoms. The summed E-state index contributed by atoms with van der Waals surface area (Å²) < 4.78 is 5.46. The Morgan fingerprint density at radius 3 is 2.50 bits per heavy atom. The summed E-state index contributed by atoms with van der Waals surface area (Å²) in [6.07, 6.45) is 5.09. The van der Waals surface area contributed by atoms with Gasteiger partial charge in [0.25, 0.3) is 0 Å². The van der Waals surface area contributed by atoms with Crippen molar-refractivity contribution < 1.29 is 4.42 Å². The standard InChI is InChI=1S/C17H11ClO2/c18-14-9-6-12(7-10-14)5-8-13-11-20-16-4-2-1-3-15(16)17(13)19/h1-11H/b8-5+. The summed E-state index contributed by atoms with van der Waals surface area (Å²) in [4.78, 5) is 12.3. The van der Waals surface area contributed by atoms with E-state index in [9.17, 15) is 4.79 Å². The van der Waals surface area contributed by atoms with Crippen LogP contribution < -0.4 is 5.43 Å². The van der Waals surface area contributed by atoms with Gasteiger partial charge in [0.1, 0.15) is 11.8 Å². The highest BCUT2D eigenvalue weighted by atomic mass is 35.5. The van der Waals surface area contributed by atoms with E-state index in [-0.39, 0.29) is 5.43 Å². The summed E-state index contributed by atoms with van der Waals surface area (Å²) in [5, 5.41) is 1.28. The highest BCUT2D eigenvalue weighted by molar-refractivity contribution is 6.30. The van der Waals surface area contributed by atoms with Gasteiger partial charge in [0.05, 0.1) is 10.9 Å². The molecule has 0 aliphatic carbocycles. The Kier molecular flexibility index (Phi) is 3.40. The average Bonchev–Trinajstić information content (AvgIpc) is 2.49. The molecule has 3 rings (SSSR count). The monoisotopic (exact) mass is 282 g/mol. The minimum atomic E-state index is -0.0305. The fourth-order valence-corrected chi connectivity index (χ4v) is 2.09. The number of hydrogen-bond acceptors (Lipinski definition) is 2. The summed E-state index contributed by atoms with van der Waals surface area (Å²) in [6.45, 7) is 0. The summed E-state index contributed by atoms with van der Waals surface area (Å²) >= 11 is 5.83. The molecule has 0 amide bonds. The van der Waals surface area contributed by atoms with E-state index in [4.69, 9.17) is 16.0 Å². The molecule has 0 saturated carbocycles. The van der Waals surface area contributed by atoms with Gasteiger partial charge >= 0.3 is 0 Å². The van der Waals surface area contributed by atoms with E-state index >= 15 is 0 Å². The minimum Gasteiger partial charge on any atom is -0.463 e. The Balaban J connectivity index is 2.01. The normalized spacial score (nSPS) is 11.2. The van der Waals surface area contributed by atoms with Crippen LogP contribution >= 0.6 is 11.6 Å². The second-order valence-electron chi connectivity index (χ2n) is 4.40. The molecule has 3 heteroatoms. The maximum Gasteiger partial charge on any atom is 0.199 e. The van der Waals surface area contributed by atoms with Crippen molar-refractivity contribution in [2.45, 2.75) is 0 Å². The molecule has 1 aromatic heterocycles. The quantitative estimate of drug-likeness (QED) is 0.687. The molecule has 0 fully saturated rings. The summed E-state index contributed by atoms with van der Waals surface area (Å²) in [5.74, 6) is 0. The molecule has 0 spiro atoms. The molecule has 0 unspecified atom stereocenters. The Bertz CT molecular complexity index is 829.